The molecule has 5 aliphatic rings. The summed E-state index contributed by atoms with van der Waals surface area (Å²) >= 11 is 0. The van der Waals surface area contributed by atoms with Crippen molar-refractivity contribution in [3.05, 3.63) is 178 Å². The lowest BCUT2D eigenvalue weighted by atomic mass is 10.0. The molecule has 4 aromatic carbocycles. The van der Waals surface area contributed by atoms with Gasteiger partial charge in [-0.25, -0.2) is 29.1 Å². The summed E-state index contributed by atoms with van der Waals surface area (Å²) in [6.45, 7) is 0.227. The summed E-state index contributed by atoms with van der Waals surface area (Å²) in [5.74, 6) is -3.39. The number of nitrogens with zero attached hydrogens (tertiary/aromatic N) is 10. The summed E-state index contributed by atoms with van der Waals surface area (Å²) in [5, 5.41) is 14.9. The first-order valence-electron chi connectivity index (χ1n) is 30.0. The molecule has 90 heavy (non-hydrogen) atoms. The fourth-order valence-corrected chi connectivity index (χ4v) is 12.5. The smallest absolute Gasteiger partial charge is 0.329 e. The Labute approximate surface area is 514 Å². The zero-order valence-electron chi connectivity index (χ0n) is 48.7. The van der Waals surface area contributed by atoms with Gasteiger partial charge in [-0.3, -0.25) is 39.3 Å². The molecule has 13 rings (SSSR count). The van der Waals surface area contributed by atoms with E-state index >= 15 is 0 Å². The molecule has 2 N–H and O–H groups in total. The molecule has 4 saturated heterocycles. The van der Waals surface area contributed by atoms with E-state index in [1.807, 2.05) is 0 Å². The maximum Gasteiger partial charge on any atom is 0.329 e. The minimum absolute atomic E-state index is 0.167. The van der Waals surface area contributed by atoms with Crippen LogP contribution in [0.4, 0.5) is 0 Å². The molecule has 9 heterocycles. The van der Waals surface area contributed by atoms with Crippen molar-refractivity contribution in [2.75, 3.05) is 26.2 Å². The van der Waals surface area contributed by atoms with Crippen LogP contribution in [-0.2, 0) is 64.6 Å². The molecule has 0 unspecified atom stereocenters. The van der Waals surface area contributed by atoms with Gasteiger partial charge < -0.3 is 38.5 Å². The first-order chi connectivity index (χ1) is 43.9. The normalized spacial score (nSPS) is 20.6. The second-order valence-electron chi connectivity index (χ2n) is 22.5. The van der Waals surface area contributed by atoms with E-state index in [4.69, 9.17) is 28.9 Å². The van der Waals surface area contributed by atoms with Crippen molar-refractivity contribution in [3.63, 3.8) is 0 Å². The first kappa shape index (κ1) is 58.2. The molecule has 8 aromatic rings. The van der Waals surface area contributed by atoms with Crippen LogP contribution in [0.1, 0.15) is 116 Å². The van der Waals surface area contributed by atoms with Crippen molar-refractivity contribution < 1.29 is 57.3 Å². The topological polar surface area (TPSA) is 295 Å². The number of rotatable bonds is 0. The second kappa shape index (κ2) is 25.5. The summed E-state index contributed by atoms with van der Waals surface area (Å²) < 4.78 is 23.2. The minimum atomic E-state index is -0.906. The number of aromatic amines is 2. The quantitative estimate of drug-likeness (QED) is 0.113. The van der Waals surface area contributed by atoms with Gasteiger partial charge in [0.15, 0.2) is 23.3 Å². The van der Waals surface area contributed by atoms with Crippen LogP contribution in [0.15, 0.2) is 133 Å². The summed E-state index contributed by atoms with van der Waals surface area (Å²) in [7, 11) is 0. The Bertz CT molecular complexity index is 3620. The first-order valence-corrected chi connectivity index (χ1v) is 30.0. The number of esters is 4. The number of cyclic esters (lactones) is 4. The highest BCUT2D eigenvalue weighted by molar-refractivity contribution is 6.05. The van der Waals surface area contributed by atoms with Gasteiger partial charge in [-0.1, -0.05) is 84.9 Å². The maximum absolute atomic E-state index is 14.5. The molecular formula is C66H60N12O12. The van der Waals surface area contributed by atoms with Crippen LogP contribution in [0.2, 0.25) is 0 Å². The van der Waals surface area contributed by atoms with E-state index in [1.165, 1.54) is 19.6 Å². The van der Waals surface area contributed by atoms with Gasteiger partial charge in [-0.2, -0.15) is 10.2 Å². The maximum atomic E-state index is 14.5. The van der Waals surface area contributed by atoms with Crippen LogP contribution in [-0.4, -0.2) is 158 Å². The van der Waals surface area contributed by atoms with Gasteiger partial charge in [0.2, 0.25) is 0 Å². The standard InChI is InChI=1S/C66H60N12O12/c79-59-47-23-5-1-19-43(47)55-69-56(72-71-55)44-20-2-6-24-48(44)60(80)76-32-12-28-52(76)64(84)88-37-41-17-10-18-42(68-41)38-90-66(86)54-30-14-34-78(54)62(82)50-26-8-4-22-46(50)58-70-57(73-74-58)45-21-3-7-25-49(45)61(81)77-33-13-29-53(77)65(85)89-36-40-16-9-15-39(67-40)35-87-63(83)51-27-11-31-75(51)59/h1-10,15-26,51-54H,11-14,27-38H2,(H,69,71,72)(H,70,73,74)/t51-,52-,53-,54-/m0/s1. The Morgan fingerprint density at radius 2 is 0.567 bits per heavy atom. The number of H-pyrrole nitrogens is 2. The number of benzene rings is 4. The van der Waals surface area contributed by atoms with Crippen LogP contribution in [0.3, 0.4) is 0 Å². The van der Waals surface area contributed by atoms with E-state index in [9.17, 15) is 38.4 Å². The molecular weight excluding hydrogens is 1150 g/mol. The van der Waals surface area contributed by atoms with Crippen LogP contribution in [0.25, 0.3) is 45.6 Å². The highest BCUT2D eigenvalue weighted by atomic mass is 16.5. The van der Waals surface area contributed by atoms with Crippen molar-refractivity contribution >= 4 is 47.5 Å². The highest BCUT2D eigenvalue weighted by Crippen LogP contribution is 2.34. The third-order valence-electron chi connectivity index (χ3n) is 16.9. The summed E-state index contributed by atoms with van der Waals surface area (Å²) in [6, 6.07) is 33.6. The van der Waals surface area contributed by atoms with E-state index in [2.05, 4.69) is 30.4 Å². The van der Waals surface area contributed by atoms with Crippen LogP contribution >= 0.6 is 0 Å². The zero-order chi connectivity index (χ0) is 61.8. The molecule has 24 nitrogen and oxygen atoms in total. The lowest BCUT2D eigenvalue weighted by Gasteiger charge is -2.24. The third kappa shape index (κ3) is 11.8. The number of aromatic nitrogens is 8. The van der Waals surface area contributed by atoms with E-state index in [1.54, 1.807) is 133 Å². The van der Waals surface area contributed by atoms with Crippen molar-refractivity contribution in [2.45, 2.75) is 102 Å². The molecule has 456 valence electrons. The number of hydrogen-bond acceptors (Lipinski definition) is 18. The fraction of sp³-hybridized carbons (Fsp3) is 0.303. The second-order valence-corrected chi connectivity index (χ2v) is 22.5. The van der Waals surface area contributed by atoms with Gasteiger partial charge >= 0.3 is 23.9 Å². The molecule has 4 aromatic heterocycles. The average molecular weight is 1210 g/mol. The molecule has 24 heteroatoms. The Hall–Kier alpha value is -10.8. The lowest BCUT2D eigenvalue weighted by Crippen LogP contribution is -2.41. The summed E-state index contributed by atoms with van der Waals surface area (Å²) in [6.07, 6.45) is 3.61. The van der Waals surface area contributed by atoms with Gasteiger partial charge in [0.25, 0.3) is 23.6 Å². The van der Waals surface area contributed by atoms with Crippen LogP contribution in [0, 0.1) is 0 Å². The van der Waals surface area contributed by atoms with Gasteiger partial charge in [-0.05, 0) is 99.9 Å². The van der Waals surface area contributed by atoms with Gasteiger partial charge in [0.05, 0.1) is 45.0 Å². The number of carbonyl (C=O) groups excluding carboxylic acids is 8. The van der Waals surface area contributed by atoms with Gasteiger partial charge in [0.1, 0.15) is 50.6 Å². The number of ether oxygens (including phenoxy) is 4. The lowest BCUT2D eigenvalue weighted by molar-refractivity contribution is -0.150. The van der Waals surface area contributed by atoms with Crippen molar-refractivity contribution in [3.8, 4) is 45.6 Å². The molecule has 4 amide bonds. The van der Waals surface area contributed by atoms with E-state index in [-0.39, 0.29) is 98.2 Å². The number of hydrogen-bond donors (Lipinski definition) is 2. The van der Waals surface area contributed by atoms with E-state index in [0.29, 0.717) is 96.4 Å². The molecule has 0 saturated carbocycles. The average Bonchev–Trinajstić information content (AvgIpc) is 1.89. The molecule has 5 aliphatic heterocycles. The molecule has 0 radical (unpaired) electrons. The SMILES string of the molecule is O=C1OCc2cccc(n2)COC(=O)[C@@H]2CCCN2C(=O)c2ccccc2-c2n[nH]c(n2)-c2ccccc2C(=O)N2CCC[C@H]2C(=O)OCc2cccc(n2)COC(=O)[C@@H]2CCCN2C(=O)c2ccccc2-c2nc(n[nH]2)-c2ccccc2C(=O)N2CCC[C@@H]12. The van der Waals surface area contributed by atoms with Crippen molar-refractivity contribution in [1.29, 1.82) is 0 Å². The van der Waals surface area contributed by atoms with Crippen LogP contribution < -0.4 is 0 Å². The fourth-order valence-electron chi connectivity index (χ4n) is 12.5. The van der Waals surface area contributed by atoms with E-state index < -0.39 is 71.7 Å². The Kier molecular flexibility index (Phi) is 16.5. The Morgan fingerprint density at radius 1 is 0.311 bits per heavy atom. The van der Waals surface area contributed by atoms with Crippen molar-refractivity contribution in [2.24, 2.45) is 0 Å². The monoisotopic (exact) mass is 1210 g/mol. The largest absolute Gasteiger partial charge is 0.458 e. The predicted molar refractivity (Wildman–Crippen MR) is 318 cm³/mol. The van der Waals surface area contributed by atoms with Gasteiger partial charge in [-0.15, -0.1) is 0 Å². The minimum Gasteiger partial charge on any atom is -0.458 e. The molecule has 4 atom stereocenters. The highest BCUT2D eigenvalue weighted by Gasteiger charge is 2.41. The molecule has 0 aliphatic carbocycles. The van der Waals surface area contributed by atoms with Gasteiger partial charge in [0, 0.05) is 48.4 Å². The molecule has 8 bridgehead atoms. The van der Waals surface area contributed by atoms with E-state index in [0.717, 1.165) is 0 Å². The number of carbonyl (C=O) groups is 8. The van der Waals surface area contributed by atoms with Crippen molar-refractivity contribution in [1.82, 2.24) is 59.9 Å². The number of fused-ring (bicyclic) bond motifs is 20. The number of amides is 4. The number of pyridine rings is 2. The third-order valence-corrected chi connectivity index (χ3v) is 16.9. The summed E-state index contributed by atoms with van der Waals surface area (Å²) in [5.41, 5.74) is 4.07. The molecule has 0 spiro atoms. The zero-order valence-corrected chi connectivity index (χ0v) is 48.7. The predicted octanol–water partition coefficient (Wildman–Crippen LogP) is 7.09. The van der Waals surface area contributed by atoms with Crippen LogP contribution in [0.5, 0.6) is 0 Å². The Morgan fingerprint density at radius 3 is 0.856 bits per heavy atom. The Balaban J connectivity index is 0.767. The number of nitrogens with one attached hydrogen (secondary N) is 2. The summed E-state index contributed by atoms with van der Waals surface area (Å²) in [4.78, 5) is 138. The molecule has 4 fully saturated rings.